The van der Waals surface area contributed by atoms with Crippen molar-refractivity contribution in [1.29, 1.82) is 0 Å². The second-order valence-corrected chi connectivity index (χ2v) is 11.5. The summed E-state index contributed by atoms with van der Waals surface area (Å²) in [4.78, 5) is 28.0. The third-order valence-electron chi connectivity index (χ3n) is 5.91. The lowest BCUT2D eigenvalue weighted by Crippen LogP contribution is -2.51. The van der Waals surface area contributed by atoms with Crippen molar-refractivity contribution in [3.63, 3.8) is 0 Å². The number of nitrogens with zero attached hydrogens (tertiary/aromatic N) is 2. The van der Waals surface area contributed by atoms with Gasteiger partial charge in [-0.25, -0.2) is 8.42 Å². The number of carbonyl (C=O) groups excluding carboxylic acids is 2. The Labute approximate surface area is 213 Å². The first-order valence-corrected chi connectivity index (χ1v) is 13.7. The van der Waals surface area contributed by atoms with Crippen molar-refractivity contribution >= 4 is 27.5 Å². The number of sulfonamides is 1. The summed E-state index contributed by atoms with van der Waals surface area (Å²) in [5.74, 6) is 0.191. The number of anilines is 1. The van der Waals surface area contributed by atoms with Gasteiger partial charge in [-0.2, -0.15) is 0 Å². The van der Waals surface area contributed by atoms with Crippen LogP contribution in [0, 0.1) is 12.8 Å². The molecule has 2 amide bonds. The molecule has 2 aromatic carbocycles. The number of hydrogen-bond donors (Lipinski definition) is 1. The third-order valence-corrected chi connectivity index (χ3v) is 7.65. The molecule has 2 aromatic rings. The lowest BCUT2D eigenvalue weighted by atomic mass is 10.1. The normalized spacial score (nSPS) is 13.4. The van der Waals surface area contributed by atoms with Crippen LogP contribution in [0.25, 0.3) is 0 Å². The molecule has 0 aromatic heterocycles. The van der Waals surface area contributed by atoms with Gasteiger partial charge < -0.3 is 19.7 Å². The maximum atomic E-state index is 13.7. The van der Waals surface area contributed by atoms with Crippen molar-refractivity contribution in [2.75, 3.05) is 29.9 Å². The second-order valence-electron chi connectivity index (χ2n) is 9.27. The first kappa shape index (κ1) is 27.3. The van der Waals surface area contributed by atoms with Crippen LogP contribution in [0.15, 0.2) is 42.5 Å². The predicted octanol–water partition coefficient (Wildman–Crippen LogP) is 3.07. The number of rotatable bonds is 11. The van der Waals surface area contributed by atoms with Gasteiger partial charge in [-0.1, -0.05) is 43.7 Å². The fourth-order valence-corrected chi connectivity index (χ4v) is 4.86. The minimum atomic E-state index is -3.82. The van der Waals surface area contributed by atoms with Crippen molar-refractivity contribution in [1.82, 2.24) is 10.2 Å². The molecule has 0 saturated carbocycles. The van der Waals surface area contributed by atoms with Gasteiger partial charge in [-0.15, -0.1) is 0 Å². The molecular formula is C26H35N3O6S. The monoisotopic (exact) mass is 517 g/mol. The molecule has 1 N–H and O–H groups in total. The van der Waals surface area contributed by atoms with Crippen molar-refractivity contribution < 1.29 is 27.5 Å². The quantitative estimate of drug-likeness (QED) is 0.491. The maximum Gasteiger partial charge on any atom is 0.244 e. The van der Waals surface area contributed by atoms with Crippen molar-refractivity contribution in [3.8, 4) is 11.5 Å². The molecular weight excluding hydrogens is 482 g/mol. The zero-order chi connectivity index (χ0) is 26.5. The Hall–Kier alpha value is -3.27. The molecule has 0 saturated heterocycles. The smallest absolute Gasteiger partial charge is 0.244 e. The molecule has 1 heterocycles. The van der Waals surface area contributed by atoms with Gasteiger partial charge in [0.2, 0.25) is 28.6 Å². The molecule has 10 heteroatoms. The van der Waals surface area contributed by atoms with Crippen LogP contribution in [-0.2, 0) is 26.2 Å². The molecule has 0 aliphatic carbocycles. The van der Waals surface area contributed by atoms with E-state index in [-0.39, 0.29) is 30.9 Å². The Bertz CT molecular complexity index is 1200. The molecule has 9 nitrogen and oxygen atoms in total. The van der Waals surface area contributed by atoms with Gasteiger partial charge in [0.1, 0.15) is 12.6 Å². The Balaban J connectivity index is 1.92. The Kier molecular flexibility index (Phi) is 8.84. The van der Waals surface area contributed by atoms with Gasteiger partial charge in [0.25, 0.3) is 0 Å². The topological polar surface area (TPSA) is 105 Å². The minimum absolute atomic E-state index is 0.0471. The number of hydrogen-bond acceptors (Lipinski definition) is 6. The molecule has 1 unspecified atom stereocenters. The van der Waals surface area contributed by atoms with Crippen molar-refractivity contribution in [3.05, 3.63) is 53.6 Å². The molecule has 0 radical (unpaired) electrons. The largest absolute Gasteiger partial charge is 0.454 e. The zero-order valence-electron chi connectivity index (χ0n) is 21.5. The van der Waals surface area contributed by atoms with Crippen LogP contribution in [0.2, 0.25) is 0 Å². The van der Waals surface area contributed by atoms with Crippen molar-refractivity contribution in [2.45, 2.75) is 47.2 Å². The van der Waals surface area contributed by atoms with Gasteiger partial charge >= 0.3 is 0 Å². The van der Waals surface area contributed by atoms with Crippen LogP contribution in [-0.4, -0.2) is 56.8 Å². The number of aryl methyl sites for hydroxylation is 1. The highest BCUT2D eigenvalue weighted by molar-refractivity contribution is 7.92. The molecule has 3 rings (SSSR count). The van der Waals surface area contributed by atoms with Crippen LogP contribution in [0.3, 0.4) is 0 Å². The van der Waals surface area contributed by atoms with E-state index in [1.54, 1.807) is 25.1 Å². The average molecular weight is 518 g/mol. The number of nitrogens with one attached hydrogen (secondary N) is 1. The highest BCUT2D eigenvalue weighted by atomic mass is 32.2. The number of ether oxygens (including phenoxy) is 2. The van der Waals surface area contributed by atoms with Crippen LogP contribution < -0.4 is 19.1 Å². The first-order chi connectivity index (χ1) is 17.0. The van der Waals surface area contributed by atoms with Crippen LogP contribution in [0.1, 0.15) is 38.8 Å². The van der Waals surface area contributed by atoms with Gasteiger partial charge in [-0.3, -0.25) is 13.9 Å². The highest BCUT2D eigenvalue weighted by Crippen LogP contribution is 2.36. The van der Waals surface area contributed by atoms with Gasteiger partial charge in [0, 0.05) is 19.2 Å². The molecule has 196 valence electrons. The van der Waals surface area contributed by atoms with E-state index in [1.165, 1.54) is 11.8 Å². The van der Waals surface area contributed by atoms with Gasteiger partial charge in [-0.05, 0) is 44.4 Å². The lowest BCUT2D eigenvalue weighted by Gasteiger charge is -2.32. The standard InChI is InChI=1S/C26H35N3O6S/c1-6-36(32,33)29(22-10-11-23-24(13-22)35-17-34-23)16-25(30)28(15-21-9-7-8-19(4)12-21)20(5)26(31)27-14-18(2)3/h7-13,18,20H,6,14-17H2,1-5H3,(H,27,31). The summed E-state index contributed by atoms with van der Waals surface area (Å²) in [6.45, 7) is 9.33. The van der Waals surface area contributed by atoms with Gasteiger partial charge in [0.15, 0.2) is 11.5 Å². The molecule has 0 spiro atoms. The van der Waals surface area contributed by atoms with Crippen LogP contribution in [0.5, 0.6) is 11.5 Å². The number of benzene rings is 2. The summed E-state index contributed by atoms with van der Waals surface area (Å²) in [5.41, 5.74) is 2.16. The molecule has 36 heavy (non-hydrogen) atoms. The van der Waals surface area contributed by atoms with E-state index in [2.05, 4.69) is 5.32 Å². The SMILES string of the molecule is CCS(=O)(=O)N(CC(=O)N(Cc1cccc(C)c1)C(C)C(=O)NCC(C)C)c1ccc2c(c1)OCO2. The average Bonchev–Trinajstić information content (AvgIpc) is 3.31. The van der Waals surface area contributed by atoms with E-state index in [0.717, 1.165) is 15.4 Å². The first-order valence-electron chi connectivity index (χ1n) is 12.0. The van der Waals surface area contributed by atoms with E-state index in [9.17, 15) is 18.0 Å². The van der Waals surface area contributed by atoms with Crippen LogP contribution >= 0.6 is 0 Å². The van der Waals surface area contributed by atoms with Gasteiger partial charge in [0.05, 0.1) is 11.4 Å². The summed E-state index contributed by atoms with van der Waals surface area (Å²) in [6.07, 6.45) is 0. The number of fused-ring (bicyclic) bond motifs is 1. The summed E-state index contributed by atoms with van der Waals surface area (Å²) in [7, 11) is -3.82. The van der Waals surface area contributed by atoms with E-state index in [4.69, 9.17) is 9.47 Å². The van der Waals surface area contributed by atoms with E-state index >= 15 is 0 Å². The predicted molar refractivity (Wildman–Crippen MR) is 138 cm³/mol. The van der Waals surface area contributed by atoms with E-state index in [1.807, 2.05) is 45.0 Å². The summed E-state index contributed by atoms with van der Waals surface area (Å²) in [5, 5.41) is 2.87. The molecule has 1 atom stereocenters. The molecule has 0 fully saturated rings. The highest BCUT2D eigenvalue weighted by Gasteiger charge is 2.31. The summed E-state index contributed by atoms with van der Waals surface area (Å²) >= 11 is 0. The summed E-state index contributed by atoms with van der Waals surface area (Å²) < 4.78 is 37.9. The lowest BCUT2D eigenvalue weighted by molar-refractivity contribution is -0.139. The fourth-order valence-electron chi connectivity index (χ4n) is 3.80. The van der Waals surface area contributed by atoms with E-state index < -0.39 is 28.5 Å². The Morgan fingerprint density at radius 1 is 1.06 bits per heavy atom. The number of carbonyl (C=O) groups is 2. The zero-order valence-corrected chi connectivity index (χ0v) is 22.3. The Morgan fingerprint density at radius 3 is 2.44 bits per heavy atom. The molecule has 1 aliphatic rings. The van der Waals surface area contributed by atoms with E-state index in [0.29, 0.717) is 23.7 Å². The van der Waals surface area contributed by atoms with Crippen LogP contribution in [0.4, 0.5) is 5.69 Å². The van der Waals surface area contributed by atoms with Crippen molar-refractivity contribution in [2.24, 2.45) is 5.92 Å². The Morgan fingerprint density at radius 2 is 1.78 bits per heavy atom. The molecule has 1 aliphatic heterocycles. The molecule has 0 bridgehead atoms. The second kappa shape index (κ2) is 11.6. The summed E-state index contributed by atoms with van der Waals surface area (Å²) in [6, 6.07) is 11.6. The number of amides is 2. The maximum absolute atomic E-state index is 13.7. The minimum Gasteiger partial charge on any atom is -0.454 e. The fraction of sp³-hybridized carbons (Fsp3) is 0.462. The third kappa shape index (κ3) is 6.69.